The second-order valence-corrected chi connectivity index (χ2v) is 9.38. The SMILES string of the molecule is CNC(=O)Oc1ccc(N2CCC[C@@H]2c2csc(NC(=O)c3cccn3Cc3ccnc(F)c3)n2)cc1. The number of benzene rings is 1. The third-order valence-corrected chi connectivity index (χ3v) is 6.90. The van der Waals surface area contributed by atoms with Gasteiger partial charge in [0, 0.05) is 43.6 Å². The van der Waals surface area contributed by atoms with Crippen LogP contribution < -0.4 is 20.3 Å². The van der Waals surface area contributed by atoms with Crippen LogP contribution >= 0.6 is 11.3 Å². The summed E-state index contributed by atoms with van der Waals surface area (Å²) in [6.45, 7) is 1.23. The topological polar surface area (TPSA) is 101 Å². The molecule has 2 amide bonds. The summed E-state index contributed by atoms with van der Waals surface area (Å²) in [4.78, 5) is 35.0. The number of ether oxygens (including phenoxy) is 1. The first-order valence-corrected chi connectivity index (χ1v) is 12.7. The lowest BCUT2D eigenvalue weighted by Crippen LogP contribution is -2.23. The third-order valence-electron chi connectivity index (χ3n) is 6.13. The lowest BCUT2D eigenvalue weighted by Gasteiger charge is -2.25. The van der Waals surface area contributed by atoms with Crippen molar-refractivity contribution in [3.05, 3.63) is 89.2 Å². The van der Waals surface area contributed by atoms with Crippen LogP contribution in [0.3, 0.4) is 0 Å². The highest BCUT2D eigenvalue weighted by atomic mass is 32.1. The van der Waals surface area contributed by atoms with E-state index >= 15 is 0 Å². The minimum atomic E-state index is -0.555. The molecule has 1 aliphatic heterocycles. The lowest BCUT2D eigenvalue weighted by atomic mass is 10.1. The van der Waals surface area contributed by atoms with E-state index in [2.05, 4.69) is 20.5 Å². The highest BCUT2D eigenvalue weighted by molar-refractivity contribution is 7.14. The van der Waals surface area contributed by atoms with E-state index in [1.807, 2.05) is 17.5 Å². The molecule has 4 heterocycles. The van der Waals surface area contributed by atoms with E-state index in [1.165, 1.54) is 30.6 Å². The molecule has 11 heteroatoms. The molecular weight excluding hydrogens is 495 g/mol. The van der Waals surface area contributed by atoms with Crippen LogP contribution in [0, 0.1) is 5.95 Å². The normalized spacial score (nSPS) is 15.0. The van der Waals surface area contributed by atoms with Gasteiger partial charge in [-0.15, -0.1) is 11.3 Å². The van der Waals surface area contributed by atoms with Gasteiger partial charge in [0.2, 0.25) is 5.95 Å². The summed E-state index contributed by atoms with van der Waals surface area (Å²) >= 11 is 1.38. The zero-order valence-corrected chi connectivity index (χ0v) is 20.9. The molecule has 0 saturated carbocycles. The number of hydrogen-bond acceptors (Lipinski definition) is 7. The molecule has 5 rings (SSSR count). The third kappa shape index (κ3) is 5.61. The fraction of sp³-hybridized carbons (Fsp3) is 0.231. The van der Waals surface area contributed by atoms with E-state index in [0.29, 0.717) is 28.7 Å². The lowest BCUT2D eigenvalue weighted by molar-refractivity contribution is 0.101. The Morgan fingerprint density at radius 3 is 2.84 bits per heavy atom. The molecule has 9 nitrogen and oxygen atoms in total. The maximum Gasteiger partial charge on any atom is 0.412 e. The Morgan fingerprint density at radius 1 is 1.22 bits per heavy atom. The van der Waals surface area contributed by atoms with Crippen molar-refractivity contribution in [2.24, 2.45) is 0 Å². The number of halogens is 1. The van der Waals surface area contributed by atoms with Gasteiger partial charge in [0.05, 0.1) is 11.7 Å². The Morgan fingerprint density at radius 2 is 2.05 bits per heavy atom. The summed E-state index contributed by atoms with van der Waals surface area (Å²) in [5.41, 5.74) is 3.07. The number of pyridine rings is 1. The van der Waals surface area contributed by atoms with Gasteiger partial charge in [-0.2, -0.15) is 4.39 Å². The Bertz CT molecular complexity index is 1400. The fourth-order valence-corrected chi connectivity index (χ4v) is 5.15. The van der Waals surface area contributed by atoms with Crippen molar-refractivity contribution >= 4 is 34.2 Å². The molecule has 1 fully saturated rings. The molecule has 4 aromatic rings. The summed E-state index contributed by atoms with van der Waals surface area (Å²) in [7, 11) is 1.51. The number of nitrogens with zero attached hydrogens (tertiary/aromatic N) is 4. The Hall–Kier alpha value is -4.25. The summed E-state index contributed by atoms with van der Waals surface area (Å²) in [6.07, 6.45) is 4.64. The second-order valence-electron chi connectivity index (χ2n) is 8.52. The van der Waals surface area contributed by atoms with Crippen LogP contribution in [0.15, 0.2) is 66.3 Å². The summed E-state index contributed by atoms with van der Waals surface area (Å²) < 4.78 is 20.4. The first-order chi connectivity index (χ1) is 18.0. The van der Waals surface area contributed by atoms with E-state index in [0.717, 1.165) is 30.8 Å². The largest absolute Gasteiger partial charge is 0.412 e. The van der Waals surface area contributed by atoms with E-state index in [9.17, 15) is 14.0 Å². The number of aromatic nitrogens is 3. The maximum atomic E-state index is 13.5. The number of carbonyl (C=O) groups is 2. The number of anilines is 2. The van der Waals surface area contributed by atoms with Crippen LogP contribution in [0.4, 0.5) is 20.0 Å². The number of thiazole rings is 1. The molecule has 0 spiro atoms. The van der Waals surface area contributed by atoms with Crippen LogP contribution in [0.1, 0.15) is 40.6 Å². The minimum Gasteiger partial charge on any atom is -0.410 e. The standard InChI is InChI=1S/C26H25FN6O3S/c1-28-26(35)36-19-8-6-18(7-9-19)33-13-3-4-21(33)20-16-37-25(30-20)31-24(34)22-5-2-12-32(22)15-17-10-11-29-23(27)14-17/h2,5-12,14,16,21H,3-4,13,15H2,1H3,(H,28,35)(H,30,31,34)/t21-/m1/s1. The number of hydrogen-bond donors (Lipinski definition) is 2. The molecular formula is C26H25FN6O3S. The number of amides is 2. The van der Waals surface area contributed by atoms with E-state index in [-0.39, 0.29) is 11.9 Å². The predicted molar refractivity (Wildman–Crippen MR) is 139 cm³/mol. The first-order valence-electron chi connectivity index (χ1n) is 11.8. The van der Waals surface area contributed by atoms with Crippen LogP contribution in [-0.2, 0) is 6.54 Å². The monoisotopic (exact) mass is 520 g/mol. The molecule has 0 bridgehead atoms. The molecule has 1 aromatic carbocycles. The summed E-state index contributed by atoms with van der Waals surface area (Å²) in [6, 6.07) is 14.0. The smallest absolute Gasteiger partial charge is 0.410 e. The van der Waals surface area contributed by atoms with Gasteiger partial charge in [-0.1, -0.05) is 0 Å². The summed E-state index contributed by atoms with van der Waals surface area (Å²) in [5.74, 6) is -0.369. The van der Waals surface area contributed by atoms with Crippen molar-refractivity contribution in [2.45, 2.75) is 25.4 Å². The summed E-state index contributed by atoms with van der Waals surface area (Å²) in [5, 5.41) is 7.82. The van der Waals surface area contributed by atoms with Crippen molar-refractivity contribution in [1.29, 1.82) is 0 Å². The van der Waals surface area contributed by atoms with Crippen molar-refractivity contribution in [3.63, 3.8) is 0 Å². The van der Waals surface area contributed by atoms with E-state index in [4.69, 9.17) is 9.72 Å². The molecule has 3 aromatic heterocycles. The first kappa shape index (κ1) is 24.4. The van der Waals surface area contributed by atoms with Crippen molar-refractivity contribution in [1.82, 2.24) is 19.9 Å². The van der Waals surface area contributed by atoms with Crippen LogP contribution in [-0.4, -0.2) is 40.1 Å². The van der Waals surface area contributed by atoms with Gasteiger partial charge >= 0.3 is 6.09 Å². The molecule has 1 atom stereocenters. The quantitative estimate of drug-likeness (QED) is 0.338. The van der Waals surface area contributed by atoms with Gasteiger partial charge in [0.25, 0.3) is 5.91 Å². The Kier molecular flexibility index (Phi) is 7.13. The molecule has 0 radical (unpaired) electrons. The van der Waals surface area contributed by atoms with Crippen LogP contribution in [0.5, 0.6) is 5.75 Å². The van der Waals surface area contributed by atoms with Gasteiger partial charge in [-0.05, 0) is 66.9 Å². The predicted octanol–water partition coefficient (Wildman–Crippen LogP) is 4.84. The zero-order chi connectivity index (χ0) is 25.8. The molecule has 2 N–H and O–H groups in total. The average Bonchev–Trinajstić information content (AvgIpc) is 3.65. The number of rotatable bonds is 7. The number of nitrogens with one attached hydrogen (secondary N) is 2. The highest BCUT2D eigenvalue weighted by Crippen LogP contribution is 2.37. The van der Waals surface area contributed by atoms with Gasteiger partial charge < -0.3 is 19.5 Å². The average molecular weight is 521 g/mol. The van der Waals surface area contributed by atoms with E-state index in [1.54, 1.807) is 41.1 Å². The van der Waals surface area contributed by atoms with Gasteiger partial charge in [0.1, 0.15) is 11.4 Å². The van der Waals surface area contributed by atoms with Gasteiger partial charge in [-0.25, -0.2) is 14.8 Å². The second kappa shape index (κ2) is 10.8. The molecule has 0 unspecified atom stereocenters. The molecule has 1 saturated heterocycles. The van der Waals surface area contributed by atoms with Crippen molar-refractivity contribution in [2.75, 3.05) is 23.8 Å². The van der Waals surface area contributed by atoms with E-state index < -0.39 is 12.0 Å². The molecule has 190 valence electrons. The minimum absolute atomic E-state index is 0.0815. The van der Waals surface area contributed by atoms with Gasteiger partial charge in [-0.3, -0.25) is 10.1 Å². The van der Waals surface area contributed by atoms with Gasteiger partial charge in [0.15, 0.2) is 5.13 Å². The highest BCUT2D eigenvalue weighted by Gasteiger charge is 2.28. The number of carbonyl (C=O) groups excluding carboxylic acids is 2. The zero-order valence-electron chi connectivity index (χ0n) is 20.1. The molecule has 1 aliphatic rings. The molecule has 0 aliphatic carbocycles. The van der Waals surface area contributed by atoms with Crippen molar-refractivity contribution < 1.29 is 18.7 Å². The maximum absolute atomic E-state index is 13.5. The Balaban J connectivity index is 1.26. The van der Waals surface area contributed by atoms with Crippen LogP contribution in [0.2, 0.25) is 0 Å². The van der Waals surface area contributed by atoms with Crippen LogP contribution in [0.25, 0.3) is 0 Å². The fourth-order valence-electron chi connectivity index (χ4n) is 4.40. The Labute approximate surface area is 216 Å². The van der Waals surface area contributed by atoms with Crippen molar-refractivity contribution in [3.8, 4) is 5.75 Å². The molecule has 37 heavy (non-hydrogen) atoms.